The number of anilines is 1. The van der Waals surface area contributed by atoms with E-state index >= 15 is 0 Å². The first-order chi connectivity index (χ1) is 17.2. The Morgan fingerprint density at radius 3 is 2.42 bits per heavy atom. The maximum atomic E-state index is 12.9. The van der Waals surface area contributed by atoms with E-state index in [1.54, 1.807) is 49.4 Å². The number of aliphatic carboxylic acids is 1. The van der Waals surface area contributed by atoms with Crippen LogP contribution in [0.25, 0.3) is 0 Å². The number of hydrogen-bond donors (Lipinski definition) is 3. The van der Waals surface area contributed by atoms with Crippen molar-refractivity contribution in [3.05, 3.63) is 86.0 Å². The van der Waals surface area contributed by atoms with Crippen molar-refractivity contribution in [1.82, 2.24) is 5.32 Å². The number of carbonyl (C=O) groups is 3. The third-order valence-electron chi connectivity index (χ3n) is 5.59. The number of benzene rings is 2. The first kappa shape index (κ1) is 25.7. The van der Waals surface area contributed by atoms with Crippen molar-refractivity contribution in [2.24, 2.45) is 5.16 Å². The van der Waals surface area contributed by atoms with Crippen LogP contribution in [0.3, 0.4) is 0 Å². The molecular weight excluding hydrogens is 525 g/mol. The normalized spacial score (nSPS) is 17.6. The van der Waals surface area contributed by atoms with Gasteiger partial charge in [0.25, 0.3) is 11.8 Å². The lowest BCUT2D eigenvalue weighted by Crippen LogP contribution is -2.51. The zero-order chi connectivity index (χ0) is 25.9. The highest BCUT2D eigenvalue weighted by molar-refractivity contribution is 7.12. The molecule has 0 fully saturated rings. The molecule has 0 saturated carbocycles. The third-order valence-corrected chi connectivity index (χ3v) is 7.14. The van der Waals surface area contributed by atoms with Gasteiger partial charge in [-0.1, -0.05) is 52.6 Å². The van der Waals surface area contributed by atoms with Gasteiger partial charge in [-0.05, 0) is 48.2 Å². The number of thiophene rings is 1. The Kier molecular flexibility index (Phi) is 7.63. The van der Waals surface area contributed by atoms with Crippen LogP contribution < -0.4 is 10.6 Å². The van der Waals surface area contributed by atoms with Crippen molar-refractivity contribution in [2.75, 3.05) is 5.32 Å². The molecule has 3 N–H and O–H groups in total. The fraction of sp³-hybridized carbons (Fsp3) is 0.200. The zero-order valence-electron chi connectivity index (χ0n) is 19.0. The molecule has 2 amide bonds. The van der Waals surface area contributed by atoms with Crippen LogP contribution >= 0.6 is 34.5 Å². The number of oxime groups is 1. The summed E-state index contributed by atoms with van der Waals surface area (Å²) < 4.78 is 0. The van der Waals surface area contributed by atoms with Gasteiger partial charge in [-0.15, -0.1) is 11.3 Å². The summed E-state index contributed by atoms with van der Waals surface area (Å²) in [5, 5.41) is 21.3. The highest BCUT2D eigenvalue weighted by atomic mass is 35.5. The lowest BCUT2D eigenvalue weighted by atomic mass is 9.97. The number of amides is 2. The van der Waals surface area contributed by atoms with E-state index in [0.717, 1.165) is 4.88 Å². The van der Waals surface area contributed by atoms with E-state index in [1.807, 2.05) is 17.5 Å². The predicted octanol–water partition coefficient (Wildman–Crippen LogP) is 5.00. The minimum atomic E-state index is -1.30. The molecule has 2 aromatic carbocycles. The first-order valence-electron chi connectivity index (χ1n) is 10.8. The molecule has 0 bridgehead atoms. The van der Waals surface area contributed by atoms with Gasteiger partial charge < -0.3 is 20.6 Å². The number of carboxylic acids is 1. The van der Waals surface area contributed by atoms with Crippen LogP contribution in [0, 0.1) is 0 Å². The van der Waals surface area contributed by atoms with Gasteiger partial charge in [0.05, 0.1) is 20.5 Å². The summed E-state index contributed by atoms with van der Waals surface area (Å²) in [7, 11) is 0. The SMILES string of the molecule is C[C@@]1(C(=O)NC(Cc2ccc(NC(=O)c3c(Cl)cccc3Cl)cc2)C(=O)O)CC(c2cccs2)=NO1. The van der Waals surface area contributed by atoms with E-state index in [1.165, 1.54) is 11.3 Å². The van der Waals surface area contributed by atoms with Gasteiger partial charge in [-0.25, -0.2) is 4.79 Å². The Morgan fingerprint density at radius 2 is 1.81 bits per heavy atom. The Morgan fingerprint density at radius 1 is 1.11 bits per heavy atom. The molecule has 1 unspecified atom stereocenters. The molecule has 0 saturated heterocycles. The van der Waals surface area contributed by atoms with Gasteiger partial charge in [0.15, 0.2) is 0 Å². The van der Waals surface area contributed by atoms with E-state index < -0.39 is 29.4 Å². The number of hydrogen-bond acceptors (Lipinski definition) is 6. The highest BCUT2D eigenvalue weighted by Crippen LogP contribution is 2.29. The minimum absolute atomic E-state index is 0.0281. The number of halogens is 2. The summed E-state index contributed by atoms with van der Waals surface area (Å²) in [6, 6.07) is 13.9. The smallest absolute Gasteiger partial charge is 0.326 e. The van der Waals surface area contributed by atoms with Gasteiger partial charge >= 0.3 is 5.97 Å². The molecule has 1 aromatic heterocycles. The fourth-order valence-corrected chi connectivity index (χ4v) is 4.89. The summed E-state index contributed by atoms with van der Waals surface area (Å²) in [5.74, 6) is -2.22. The lowest BCUT2D eigenvalue weighted by Gasteiger charge is -2.23. The van der Waals surface area contributed by atoms with Crippen molar-refractivity contribution in [3.63, 3.8) is 0 Å². The van der Waals surface area contributed by atoms with Crippen LogP contribution in [0.15, 0.2) is 65.1 Å². The zero-order valence-corrected chi connectivity index (χ0v) is 21.3. The summed E-state index contributed by atoms with van der Waals surface area (Å²) in [6.45, 7) is 1.58. The van der Waals surface area contributed by atoms with Gasteiger partial charge in [0.1, 0.15) is 11.8 Å². The molecule has 0 spiro atoms. The lowest BCUT2D eigenvalue weighted by molar-refractivity contribution is -0.148. The third kappa shape index (κ3) is 5.70. The topological polar surface area (TPSA) is 117 Å². The average Bonchev–Trinajstić information content (AvgIpc) is 3.50. The van der Waals surface area contributed by atoms with Gasteiger partial charge in [0.2, 0.25) is 5.60 Å². The standard InChI is InChI=1S/C25H21Cl2N3O5S/c1-25(13-19(30-35-25)20-6-3-11-36-20)24(34)29-18(23(32)33)12-14-7-9-15(10-8-14)28-22(31)21-16(26)4-2-5-17(21)27/h2-11,18H,12-13H2,1H3,(H,28,31)(H,29,34)(H,32,33)/t18?,25-/m0/s1. The molecular formula is C25H21Cl2N3O5S. The molecule has 2 atom stereocenters. The van der Waals surface area contributed by atoms with E-state index in [0.29, 0.717) is 17.0 Å². The molecule has 186 valence electrons. The summed E-state index contributed by atoms with van der Waals surface area (Å²) in [6.07, 6.45) is 0.260. The minimum Gasteiger partial charge on any atom is -0.480 e. The van der Waals surface area contributed by atoms with Crippen LogP contribution in [-0.2, 0) is 20.8 Å². The number of nitrogens with one attached hydrogen (secondary N) is 2. The number of nitrogens with zero attached hydrogens (tertiary/aromatic N) is 1. The van der Waals surface area contributed by atoms with Gasteiger partial charge in [-0.3, -0.25) is 9.59 Å². The van der Waals surface area contributed by atoms with Crippen molar-refractivity contribution in [2.45, 2.75) is 31.4 Å². The highest BCUT2D eigenvalue weighted by Gasteiger charge is 2.43. The van der Waals surface area contributed by atoms with Crippen LogP contribution in [0.5, 0.6) is 0 Å². The number of carbonyl (C=O) groups excluding carboxylic acids is 2. The van der Waals surface area contributed by atoms with Crippen molar-refractivity contribution in [1.29, 1.82) is 0 Å². The molecule has 0 aliphatic carbocycles. The maximum Gasteiger partial charge on any atom is 0.326 e. The molecule has 11 heteroatoms. The summed E-state index contributed by atoms with van der Waals surface area (Å²) in [4.78, 5) is 43.6. The maximum absolute atomic E-state index is 12.9. The molecule has 2 heterocycles. The van der Waals surface area contributed by atoms with Gasteiger partial charge in [-0.2, -0.15) is 0 Å². The van der Waals surface area contributed by atoms with E-state index in [4.69, 9.17) is 28.0 Å². The molecule has 1 aliphatic heterocycles. The monoisotopic (exact) mass is 545 g/mol. The molecule has 4 rings (SSSR count). The predicted molar refractivity (Wildman–Crippen MR) is 139 cm³/mol. The van der Waals surface area contributed by atoms with Crippen LogP contribution in [0.4, 0.5) is 5.69 Å². The average molecular weight is 546 g/mol. The second kappa shape index (κ2) is 10.7. The van der Waals surface area contributed by atoms with E-state index in [2.05, 4.69) is 15.8 Å². The second-order valence-electron chi connectivity index (χ2n) is 8.33. The first-order valence-corrected chi connectivity index (χ1v) is 12.5. The largest absolute Gasteiger partial charge is 0.480 e. The summed E-state index contributed by atoms with van der Waals surface area (Å²) >= 11 is 13.7. The summed E-state index contributed by atoms with van der Waals surface area (Å²) in [5.41, 5.74) is 0.615. The molecule has 3 aromatic rings. The van der Waals surface area contributed by atoms with E-state index in [9.17, 15) is 19.5 Å². The van der Waals surface area contributed by atoms with E-state index in [-0.39, 0.29) is 28.5 Å². The second-order valence-corrected chi connectivity index (χ2v) is 10.1. The van der Waals surface area contributed by atoms with Crippen LogP contribution in [-0.4, -0.2) is 40.2 Å². The fourth-order valence-electron chi connectivity index (χ4n) is 3.62. The number of carboxylic acid groups (broad SMARTS) is 1. The Bertz CT molecular complexity index is 1310. The quantitative estimate of drug-likeness (QED) is 0.368. The van der Waals surface area contributed by atoms with Crippen molar-refractivity contribution in [3.8, 4) is 0 Å². The van der Waals surface area contributed by atoms with Crippen molar-refractivity contribution >= 4 is 63.7 Å². The van der Waals surface area contributed by atoms with Crippen molar-refractivity contribution < 1.29 is 24.3 Å². The Labute approximate surface area is 220 Å². The molecule has 1 aliphatic rings. The molecule has 0 radical (unpaired) electrons. The van der Waals surface area contributed by atoms with Crippen LogP contribution in [0.1, 0.15) is 34.1 Å². The number of rotatable bonds is 8. The Hall–Kier alpha value is -3.40. The van der Waals surface area contributed by atoms with Gasteiger partial charge in [0, 0.05) is 18.5 Å². The molecule has 36 heavy (non-hydrogen) atoms. The molecule has 8 nitrogen and oxygen atoms in total. The Balaban J connectivity index is 1.38. The van der Waals surface area contributed by atoms with Crippen LogP contribution in [0.2, 0.25) is 10.0 Å².